The Kier molecular flexibility index (Phi) is 7.18. The Hall–Kier alpha value is -3.45. The SMILES string of the molecule is CCOc1ccccc1C=CC(=O)N1CCC2(CC1)CCN(C(=O)c1ccc(-c3ccccn3)s1)C2. The highest BCUT2D eigenvalue weighted by Gasteiger charge is 2.42. The van der Waals surface area contributed by atoms with Gasteiger partial charge >= 0.3 is 0 Å². The Balaban J connectivity index is 1.16. The average molecular weight is 502 g/mol. The minimum atomic E-state index is 0.0303. The molecule has 1 spiro atoms. The number of para-hydroxylation sites is 1. The zero-order valence-corrected chi connectivity index (χ0v) is 21.4. The molecule has 5 rings (SSSR count). The number of amides is 2. The van der Waals surface area contributed by atoms with Crippen LogP contribution in [0.1, 0.15) is 41.4 Å². The van der Waals surface area contributed by atoms with E-state index in [4.69, 9.17) is 4.74 Å². The number of rotatable bonds is 6. The Labute approximate surface area is 216 Å². The highest BCUT2D eigenvalue weighted by atomic mass is 32.1. The van der Waals surface area contributed by atoms with E-state index in [1.54, 1.807) is 12.3 Å². The number of benzene rings is 1. The highest BCUT2D eigenvalue weighted by molar-refractivity contribution is 7.17. The number of ether oxygens (including phenoxy) is 1. The first kappa shape index (κ1) is 24.3. The van der Waals surface area contributed by atoms with E-state index in [2.05, 4.69) is 4.98 Å². The number of carbonyl (C=O) groups excluding carboxylic acids is 2. The van der Waals surface area contributed by atoms with E-state index in [9.17, 15) is 9.59 Å². The predicted octanol–water partition coefficient (Wildman–Crippen LogP) is 5.38. The molecule has 1 aromatic carbocycles. The van der Waals surface area contributed by atoms with E-state index in [0.29, 0.717) is 6.61 Å². The van der Waals surface area contributed by atoms with Gasteiger partial charge in [0.05, 0.1) is 22.1 Å². The number of hydrogen-bond donors (Lipinski definition) is 0. The number of pyridine rings is 1. The molecule has 2 amide bonds. The zero-order chi connectivity index (χ0) is 25.0. The van der Waals surface area contributed by atoms with Gasteiger partial charge in [0.15, 0.2) is 0 Å². The number of carbonyl (C=O) groups is 2. The summed E-state index contributed by atoms with van der Waals surface area (Å²) in [7, 11) is 0. The largest absolute Gasteiger partial charge is 0.493 e. The second-order valence-corrected chi connectivity index (χ2v) is 10.6. The molecule has 0 atom stereocenters. The molecule has 4 heterocycles. The molecule has 2 saturated heterocycles. The summed E-state index contributed by atoms with van der Waals surface area (Å²) in [6, 6.07) is 17.5. The maximum atomic E-state index is 13.2. The van der Waals surface area contributed by atoms with E-state index in [1.807, 2.05) is 77.4 Å². The summed E-state index contributed by atoms with van der Waals surface area (Å²) < 4.78 is 5.65. The molecule has 0 aliphatic carbocycles. The summed E-state index contributed by atoms with van der Waals surface area (Å²) in [4.78, 5) is 36.2. The predicted molar refractivity (Wildman–Crippen MR) is 143 cm³/mol. The molecule has 7 heteroatoms. The van der Waals surface area contributed by atoms with Crippen molar-refractivity contribution in [1.82, 2.24) is 14.8 Å². The first-order chi connectivity index (χ1) is 17.6. The quantitative estimate of drug-likeness (QED) is 0.426. The van der Waals surface area contributed by atoms with Crippen LogP contribution in [0.3, 0.4) is 0 Å². The van der Waals surface area contributed by atoms with E-state index in [1.165, 1.54) is 11.3 Å². The van der Waals surface area contributed by atoms with Gasteiger partial charge in [0.2, 0.25) is 5.91 Å². The van der Waals surface area contributed by atoms with Crippen molar-refractivity contribution >= 4 is 29.2 Å². The molecule has 0 radical (unpaired) electrons. The highest BCUT2D eigenvalue weighted by Crippen LogP contribution is 2.41. The first-order valence-corrected chi connectivity index (χ1v) is 13.4. The third kappa shape index (κ3) is 5.21. The Morgan fingerprint density at radius 1 is 1.00 bits per heavy atom. The van der Waals surface area contributed by atoms with Crippen molar-refractivity contribution in [2.75, 3.05) is 32.8 Å². The van der Waals surface area contributed by atoms with E-state index in [-0.39, 0.29) is 17.2 Å². The van der Waals surface area contributed by atoms with Crippen LogP contribution in [0, 0.1) is 5.41 Å². The summed E-state index contributed by atoms with van der Waals surface area (Å²) in [5, 5.41) is 0. The number of piperidine rings is 1. The van der Waals surface area contributed by atoms with Crippen LogP contribution in [-0.2, 0) is 4.79 Å². The van der Waals surface area contributed by atoms with E-state index in [0.717, 1.165) is 72.2 Å². The molecule has 2 aliphatic rings. The van der Waals surface area contributed by atoms with Gasteiger partial charge < -0.3 is 14.5 Å². The summed E-state index contributed by atoms with van der Waals surface area (Å²) in [5.41, 5.74) is 1.91. The van der Waals surface area contributed by atoms with Gasteiger partial charge in [-0.15, -0.1) is 11.3 Å². The molecule has 36 heavy (non-hydrogen) atoms. The van der Waals surface area contributed by atoms with Crippen LogP contribution < -0.4 is 4.74 Å². The van der Waals surface area contributed by atoms with Crippen LogP contribution in [0.2, 0.25) is 0 Å². The zero-order valence-electron chi connectivity index (χ0n) is 20.6. The maximum Gasteiger partial charge on any atom is 0.263 e. The number of aromatic nitrogens is 1. The van der Waals surface area contributed by atoms with Gasteiger partial charge in [-0.25, -0.2) is 0 Å². The van der Waals surface area contributed by atoms with Crippen molar-refractivity contribution in [3.63, 3.8) is 0 Å². The second-order valence-electron chi connectivity index (χ2n) is 9.49. The lowest BCUT2D eigenvalue weighted by atomic mass is 9.78. The standard InChI is InChI=1S/C29H31N3O3S/c1-2-35-24-9-4-3-7-22(24)10-13-27(33)31-18-14-29(15-19-31)16-20-32(21-29)28(34)26-12-11-25(36-26)23-8-5-6-17-30-23/h3-13,17H,2,14-16,18-21H2,1H3. The van der Waals surface area contributed by atoms with Gasteiger partial charge in [0.1, 0.15) is 5.75 Å². The monoisotopic (exact) mass is 501 g/mol. The first-order valence-electron chi connectivity index (χ1n) is 12.6. The van der Waals surface area contributed by atoms with Crippen LogP contribution >= 0.6 is 11.3 Å². The number of hydrogen-bond acceptors (Lipinski definition) is 5. The summed E-state index contributed by atoms with van der Waals surface area (Å²) in [6.07, 6.45) is 8.11. The fraction of sp³-hybridized carbons (Fsp3) is 0.345. The normalized spacial score (nSPS) is 17.1. The fourth-order valence-electron chi connectivity index (χ4n) is 5.14. The molecule has 2 aliphatic heterocycles. The van der Waals surface area contributed by atoms with Crippen LogP contribution in [0.5, 0.6) is 5.75 Å². The van der Waals surface area contributed by atoms with Crippen LogP contribution in [0.25, 0.3) is 16.6 Å². The second kappa shape index (κ2) is 10.7. The van der Waals surface area contributed by atoms with Crippen molar-refractivity contribution in [2.45, 2.75) is 26.2 Å². The topological polar surface area (TPSA) is 62.7 Å². The van der Waals surface area contributed by atoms with E-state index >= 15 is 0 Å². The molecule has 2 aromatic heterocycles. The van der Waals surface area contributed by atoms with Gasteiger partial charge in [-0.2, -0.15) is 0 Å². The lowest BCUT2D eigenvalue weighted by Gasteiger charge is -2.38. The van der Waals surface area contributed by atoms with E-state index < -0.39 is 0 Å². The van der Waals surface area contributed by atoms with Crippen LogP contribution in [0.4, 0.5) is 0 Å². The molecule has 0 N–H and O–H groups in total. The average Bonchev–Trinajstić information content (AvgIpc) is 3.57. The number of thiophene rings is 1. The molecular weight excluding hydrogens is 470 g/mol. The summed E-state index contributed by atoms with van der Waals surface area (Å²) in [5.74, 6) is 0.923. The number of likely N-dealkylation sites (tertiary alicyclic amines) is 2. The maximum absolute atomic E-state index is 13.2. The Bertz CT molecular complexity index is 1250. The molecule has 0 saturated carbocycles. The van der Waals surface area contributed by atoms with Crippen molar-refractivity contribution < 1.29 is 14.3 Å². The van der Waals surface area contributed by atoms with Crippen molar-refractivity contribution in [2.24, 2.45) is 5.41 Å². The molecule has 6 nitrogen and oxygen atoms in total. The summed E-state index contributed by atoms with van der Waals surface area (Å²) >= 11 is 1.50. The fourth-order valence-corrected chi connectivity index (χ4v) is 6.10. The molecule has 0 bridgehead atoms. The third-order valence-corrected chi connectivity index (χ3v) is 8.32. The molecular formula is C29H31N3O3S. The lowest BCUT2D eigenvalue weighted by molar-refractivity contribution is -0.128. The molecule has 2 fully saturated rings. The van der Waals surface area contributed by atoms with Crippen molar-refractivity contribution in [3.05, 3.63) is 77.3 Å². The summed E-state index contributed by atoms with van der Waals surface area (Å²) in [6.45, 7) is 5.53. The van der Waals surface area contributed by atoms with Gasteiger partial charge in [-0.3, -0.25) is 14.6 Å². The number of nitrogens with zero attached hydrogens (tertiary/aromatic N) is 3. The van der Waals surface area contributed by atoms with Crippen molar-refractivity contribution in [1.29, 1.82) is 0 Å². The smallest absolute Gasteiger partial charge is 0.263 e. The molecule has 186 valence electrons. The van der Waals surface area contributed by atoms with Crippen LogP contribution in [0.15, 0.2) is 66.9 Å². The van der Waals surface area contributed by atoms with Crippen molar-refractivity contribution in [3.8, 4) is 16.3 Å². The third-order valence-electron chi connectivity index (χ3n) is 7.22. The Morgan fingerprint density at radius 3 is 2.50 bits per heavy atom. The lowest BCUT2D eigenvalue weighted by Crippen LogP contribution is -2.44. The van der Waals surface area contributed by atoms with Gasteiger partial charge in [0, 0.05) is 44.0 Å². The molecule has 0 unspecified atom stereocenters. The Morgan fingerprint density at radius 2 is 1.75 bits per heavy atom. The van der Waals surface area contributed by atoms with Crippen LogP contribution in [-0.4, -0.2) is 59.4 Å². The minimum Gasteiger partial charge on any atom is -0.493 e. The van der Waals surface area contributed by atoms with Gasteiger partial charge in [-0.1, -0.05) is 24.3 Å². The van der Waals surface area contributed by atoms with Gasteiger partial charge in [0.25, 0.3) is 5.91 Å². The minimum absolute atomic E-state index is 0.0303. The molecule has 3 aromatic rings. The van der Waals surface area contributed by atoms with Gasteiger partial charge in [-0.05, 0) is 68.0 Å².